The van der Waals surface area contributed by atoms with E-state index in [9.17, 15) is 19.8 Å². The molecule has 0 amide bonds. The van der Waals surface area contributed by atoms with Gasteiger partial charge in [-0.1, -0.05) is 194 Å². The van der Waals surface area contributed by atoms with E-state index < -0.39 is 36.7 Å². The van der Waals surface area contributed by atoms with Gasteiger partial charge in [0.15, 0.2) is 12.4 Å². The molecule has 1 aliphatic rings. The first-order chi connectivity index (χ1) is 25.4. The van der Waals surface area contributed by atoms with Crippen molar-refractivity contribution in [1.82, 2.24) is 0 Å². The number of methoxy groups -OCH3 is 1. The molecule has 5 atom stereocenters. The molecule has 9 heteroatoms. The summed E-state index contributed by atoms with van der Waals surface area (Å²) in [5, 5.41) is 21.3. The molecule has 0 aromatic carbocycles. The van der Waals surface area contributed by atoms with Crippen LogP contribution in [0.5, 0.6) is 0 Å². The molecular weight excluding hydrogens is 660 g/mol. The maximum Gasteiger partial charge on any atom is 0.342 e. The smallest absolute Gasteiger partial charge is 0.342 e. The number of rotatable bonds is 37. The molecule has 2 N–H and O–H groups in total. The van der Waals surface area contributed by atoms with E-state index in [-0.39, 0.29) is 19.0 Å². The number of carbonyl (C=O) groups excluding carboxylic acids is 2. The van der Waals surface area contributed by atoms with E-state index in [2.05, 4.69) is 13.8 Å². The number of hydrogen-bond donors (Lipinski definition) is 2. The molecule has 0 aromatic rings. The van der Waals surface area contributed by atoms with Gasteiger partial charge >= 0.3 is 11.9 Å². The van der Waals surface area contributed by atoms with E-state index in [1.807, 2.05) is 0 Å². The summed E-state index contributed by atoms with van der Waals surface area (Å²) in [6.45, 7) is 4.30. The maximum atomic E-state index is 12.3. The lowest BCUT2D eigenvalue weighted by Crippen LogP contribution is -2.60. The second kappa shape index (κ2) is 35.4. The van der Waals surface area contributed by atoms with Gasteiger partial charge in [-0.2, -0.15) is 4.89 Å². The average Bonchev–Trinajstić information content (AvgIpc) is 3.14. The standard InChI is InChI=1S/C43H82O9/c1-4-6-8-10-12-14-16-18-20-22-24-26-28-30-32-34-38(44)49-36-37-40(46)41(47)42(43(48-3)50-37)52-51-39(45)35-33-31-29-27-25-23-21-19-17-15-13-11-9-7-5-2/h37,40-43,46-47H,4-36H2,1-3H3/t37?,40-,41?,42?,43-/m1/s1. The zero-order valence-corrected chi connectivity index (χ0v) is 34.0. The third-order valence-electron chi connectivity index (χ3n) is 10.5. The Morgan fingerprint density at radius 1 is 0.500 bits per heavy atom. The zero-order valence-electron chi connectivity index (χ0n) is 34.0. The van der Waals surface area contributed by atoms with Gasteiger partial charge in [-0.15, -0.1) is 0 Å². The van der Waals surface area contributed by atoms with Crippen molar-refractivity contribution in [3.63, 3.8) is 0 Å². The van der Waals surface area contributed by atoms with Crippen LogP contribution in [-0.4, -0.2) is 66.6 Å². The largest absolute Gasteiger partial charge is 0.463 e. The number of unbranched alkanes of at least 4 members (excludes halogenated alkanes) is 28. The van der Waals surface area contributed by atoms with Gasteiger partial charge in [0.1, 0.15) is 24.9 Å². The molecule has 52 heavy (non-hydrogen) atoms. The van der Waals surface area contributed by atoms with Crippen molar-refractivity contribution in [2.24, 2.45) is 0 Å². The molecule has 0 bridgehead atoms. The molecule has 3 unspecified atom stereocenters. The molecule has 0 radical (unpaired) electrons. The quantitative estimate of drug-likeness (QED) is 0.0277. The third-order valence-corrected chi connectivity index (χ3v) is 10.5. The van der Waals surface area contributed by atoms with Gasteiger partial charge in [0.05, 0.1) is 0 Å². The van der Waals surface area contributed by atoms with Gasteiger partial charge in [0.25, 0.3) is 0 Å². The van der Waals surface area contributed by atoms with Gasteiger partial charge in [0, 0.05) is 20.0 Å². The fraction of sp³-hybridized carbons (Fsp3) is 0.953. The van der Waals surface area contributed by atoms with Gasteiger partial charge < -0.3 is 24.4 Å². The summed E-state index contributed by atoms with van der Waals surface area (Å²) in [6, 6.07) is 0. The van der Waals surface area contributed by atoms with Crippen molar-refractivity contribution in [2.45, 2.75) is 250 Å². The SMILES string of the molecule is CCCCCCCCCCCCCCCCCC(=O)OCC1O[C@@H](OC)C(OOC(=O)CCCCCCCCCCCCCCCCC)C(O)[C@@H]1O. The van der Waals surface area contributed by atoms with Crippen LogP contribution in [0, 0.1) is 0 Å². The van der Waals surface area contributed by atoms with Crippen LogP contribution in [0.2, 0.25) is 0 Å². The van der Waals surface area contributed by atoms with Crippen LogP contribution in [0.4, 0.5) is 0 Å². The Balaban J connectivity index is 2.06. The number of hydrogen-bond acceptors (Lipinski definition) is 9. The molecule has 0 spiro atoms. The molecular formula is C43H82O9. The van der Waals surface area contributed by atoms with Crippen molar-refractivity contribution in [3.8, 4) is 0 Å². The van der Waals surface area contributed by atoms with Gasteiger partial charge in [0.2, 0.25) is 0 Å². The molecule has 0 aliphatic carbocycles. The van der Waals surface area contributed by atoms with Gasteiger partial charge in [-0.3, -0.25) is 9.68 Å². The van der Waals surface area contributed by atoms with Crippen LogP contribution in [0.1, 0.15) is 219 Å². The van der Waals surface area contributed by atoms with Crippen LogP contribution in [0.15, 0.2) is 0 Å². The minimum absolute atomic E-state index is 0.208. The number of aliphatic hydroxyl groups excluding tert-OH is 2. The predicted octanol–water partition coefficient (Wildman–Crippen LogP) is 11.0. The van der Waals surface area contributed by atoms with E-state index >= 15 is 0 Å². The van der Waals surface area contributed by atoms with Crippen molar-refractivity contribution in [2.75, 3.05) is 13.7 Å². The van der Waals surface area contributed by atoms with Gasteiger partial charge in [-0.25, -0.2) is 4.79 Å². The molecule has 308 valence electrons. The predicted molar refractivity (Wildman–Crippen MR) is 209 cm³/mol. The Morgan fingerprint density at radius 3 is 1.21 bits per heavy atom. The van der Waals surface area contributed by atoms with E-state index in [1.165, 1.54) is 161 Å². The minimum atomic E-state index is -1.46. The van der Waals surface area contributed by atoms with E-state index in [4.69, 9.17) is 24.0 Å². The Morgan fingerprint density at radius 2 is 0.846 bits per heavy atom. The van der Waals surface area contributed by atoms with Crippen LogP contribution in [0.25, 0.3) is 0 Å². The summed E-state index contributed by atoms with van der Waals surface area (Å²) in [5.74, 6) is -0.902. The average molecular weight is 743 g/mol. The number of aliphatic hydroxyl groups is 2. The summed E-state index contributed by atoms with van der Waals surface area (Å²) < 4.78 is 16.3. The van der Waals surface area contributed by atoms with Crippen molar-refractivity contribution < 1.29 is 43.8 Å². The highest BCUT2D eigenvalue weighted by atomic mass is 17.2. The molecule has 1 heterocycles. The van der Waals surface area contributed by atoms with E-state index in [0.29, 0.717) is 12.8 Å². The summed E-state index contributed by atoms with van der Waals surface area (Å²) in [6.07, 6.45) is 31.8. The highest BCUT2D eigenvalue weighted by Crippen LogP contribution is 2.25. The first-order valence-electron chi connectivity index (χ1n) is 22.0. The fourth-order valence-corrected chi connectivity index (χ4v) is 7.01. The molecule has 1 rings (SSSR count). The Hall–Kier alpha value is -1.26. The second-order valence-electron chi connectivity index (χ2n) is 15.4. The van der Waals surface area contributed by atoms with E-state index in [1.54, 1.807) is 0 Å². The van der Waals surface area contributed by atoms with Crippen LogP contribution in [0.3, 0.4) is 0 Å². The summed E-state index contributed by atoms with van der Waals surface area (Å²) in [4.78, 5) is 34.7. The maximum absolute atomic E-state index is 12.3. The monoisotopic (exact) mass is 743 g/mol. The highest BCUT2D eigenvalue weighted by Gasteiger charge is 2.47. The van der Waals surface area contributed by atoms with Crippen molar-refractivity contribution in [3.05, 3.63) is 0 Å². The number of esters is 1. The minimum Gasteiger partial charge on any atom is -0.463 e. The zero-order chi connectivity index (χ0) is 37.9. The third kappa shape index (κ3) is 26.5. The van der Waals surface area contributed by atoms with Gasteiger partial charge in [-0.05, 0) is 12.8 Å². The molecule has 9 nitrogen and oxygen atoms in total. The Bertz CT molecular complexity index is 807. The lowest BCUT2D eigenvalue weighted by molar-refractivity contribution is -0.386. The van der Waals surface area contributed by atoms with Crippen molar-refractivity contribution >= 4 is 11.9 Å². The van der Waals surface area contributed by atoms with E-state index in [0.717, 1.165) is 32.1 Å². The first-order valence-corrected chi connectivity index (χ1v) is 22.0. The molecule has 1 aliphatic heterocycles. The molecule has 0 saturated carbocycles. The first kappa shape index (κ1) is 48.8. The molecule has 0 aromatic heterocycles. The molecule has 1 saturated heterocycles. The summed E-state index contributed by atoms with van der Waals surface area (Å²) in [7, 11) is 1.36. The lowest BCUT2D eigenvalue weighted by Gasteiger charge is -2.40. The topological polar surface area (TPSA) is 121 Å². The fourth-order valence-electron chi connectivity index (χ4n) is 7.01. The normalized spacial score (nSPS) is 20.3. The van der Waals surface area contributed by atoms with Crippen LogP contribution < -0.4 is 0 Å². The lowest BCUT2D eigenvalue weighted by atomic mass is 9.99. The number of ether oxygens (including phenoxy) is 3. The Labute approximate surface area is 318 Å². The van der Waals surface area contributed by atoms with Crippen LogP contribution in [-0.2, 0) is 33.6 Å². The van der Waals surface area contributed by atoms with Crippen molar-refractivity contribution in [1.29, 1.82) is 0 Å². The highest BCUT2D eigenvalue weighted by molar-refractivity contribution is 5.69. The summed E-state index contributed by atoms with van der Waals surface area (Å²) >= 11 is 0. The summed E-state index contributed by atoms with van der Waals surface area (Å²) in [5.41, 5.74) is 0. The second-order valence-corrected chi connectivity index (χ2v) is 15.4. The number of carbonyl (C=O) groups is 2. The Kier molecular flexibility index (Phi) is 33.2. The molecule has 1 fully saturated rings. The van der Waals surface area contributed by atoms with Crippen LogP contribution >= 0.6 is 0 Å².